The molecule has 0 radical (unpaired) electrons. The molecule has 0 fully saturated rings. The highest BCUT2D eigenvalue weighted by Crippen LogP contribution is 2.44. The summed E-state index contributed by atoms with van der Waals surface area (Å²) in [4.78, 5) is 26.0. The van der Waals surface area contributed by atoms with Crippen LogP contribution >= 0.6 is 11.6 Å². The quantitative estimate of drug-likeness (QED) is 0.534. The van der Waals surface area contributed by atoms with Crippen molar-refractivity contribution in [1.29, 1.82) is 0 Å². The van der Waals surface area contributed by atoms with Crippen molar-refractivity contribution in [2.45, 2.75) is 59.5 Å². The van der Waals surface area contributed by atoms with Gasteiger partial charge in [0.25, 0.3) is 0 Å². The van der Waals surface area contributed by atoms with Crippen LogP contribution in [0.15, 0.2) is 52.9 Å². The van der Waals surface area contributed by atoms with Crippen molar-refractivity contribution in [3.05, 3.63) is 85.7 Å². The maximum absolute atomic E-state index is 13.1. The number of methoxy groups -OCH3 is 1. The fourth-order valence-corrected chi connectivity index (χ4v) is 5.25. The van der Waals surface area contributed by atoms with E-state index in [1.54, 1.807) is 0 Å². The van der Waals surface area contributed by atoms with Crippen LogP contribution in [0.2, 0.25) is 5.02 Å². The van der Waals surface area contributed by atoms with Gasteiger partial charge in [-0.3, -0.25) is 4.79 Å². The van der Waals surface area contributed by atoms with Gasteiger partial charge in [-0.15, -0.1) is 0 Å². The topological polar surface area (TPSA) is 64.6 Å². The van der Waals surface area contributed by atoms with Crippen LogP contribution < -0.4 is 10.1 Å². The number of halogens is 1. The van der Waals surface area contributed by atoms with E-state index in [1.807, 2.05) is 45.9 Å². The predicted octanol–water partition coefficient (Wildman–Crippen LogP) is 5.99. The summed E-state index contributed by atoms with van der Waals surface area (Å²) in [7, 11) is 1.38. The molecule has 178 valence electrons. The van der Waals surface area contributed by atoms with Crippen LogP contribution in [0.3, 0.4) is 0 Å². The number of nitrogens with one attached hydrogen (secondary N) is 1. The normalized spacial score (nSPS) is 17.9. The Bertz CT molecular complexity index is 1240. The highest BCUT2D eigenvalue weighted by Gasteiger charge is 2.39. The number of rotatable bonds is 5. The minimum atomic E-state index is -0.465. The van der Waals surface area contributed by atoms with Gasteiger partial charge in [0, 0.05) is 34.3 Å². The first-order chi connectivity index (χ1) is 16.2. The molecule has 2 aliphatic rings. The van der Waals surface area contributed by atoms with Crippen LogP contribution in [0.25, 0.3) is 0 Å². The number of hydrogen-bond donors (Lipinski definition) is 1. The Kier molecular flexibility index (Phi) is 6.85. The molecule has 34 heavy (non-hydrogen) atoms. The van der Waals surface area contributed by atoms with Crippen LogP contribution in [0.1, 0.15) is 59.9 Å². The Labute approximate surface area is 205 Å². The minimum absolute atomic E-state index is 0.0862. The van der Waals surface area contributed by atoms with Crippen molar-refractivity contribution < 1.29 is 19.1 Å². The summed E-state index contributed by atoms with van der Waals surface area (Å²) in [5.74, 6) is -0.0295. The molecule has 2 aromatic rings. The number of allylic oxidation sites excluding steroid dienone is 3. The van der Waals surface area contributed by atoms with Crippen molar-refractivity contribution in [2.75, 3.05) is 7.11 Å². The van der Waals surface area contributed by atoms with Crippen LogP contribution in [0.4, 0.5) is 0 Å². The average Bonchev–Trinajstić information content (AvgIpc) is 2.79. The molecule has 1 aliphatic heterocycles. The molecule has 0 spiro atoms. The Morgan fingerprint density at radius 2 is 1.88 bits per heavy atom. The molecule has 0 saturated carbocycles. The second-order valence-corrected chi connectivity index (χ2v) is 9.53. The van der Waals surface area contributed by atoms with Crippen LogP contribution in [0.5, 0.6) is 5.75 Å². The van der Waals surface area contributed by atoms with E-state index in [0.717, 1.165) is 57.8 Å². The molecule has 4 rings (SSSR count). The van der Waals surface area contributed by atoms with Gasteiger partial charge in [0.05, 0.1) is 12.7 Å². The van der Waals surface area contributed by atoms with Crippen LogP contribution in [0, 0.1) is 20.8 Å². The minimum Gasteiger partial charge on any atom is -0.489 e. The highest BCUT2D eigenvalue weighted by atomic mass is 35.5. The number of aryl methyl sites for hydroxylation is 2. The molecule has 0 amide bonds. The summed E-state index contributed by atoms with van der Waals surface area (Å²) in [6, 6.07) is 9.73. The zero-order valence-electron chi connectivity index (χ0n) is 20.3. The molecule has 5 nitrogen and oxygen atoms in total. The summed E-state index contributed by atoms with van der Waals surface area (Å²) in [5, 5.41) is 3.99. The molecule has 0 aromatic heterocycles. The maximum Gasteiger partial charge on any atom is 0.336 e. The summed E-state index contributed by atoms with van der Waals surface area (Å²) in [6.07, 6.45) is 2.09. The highest BCUT2D eigenvalue weighted by molar-refractivity contribution is 6.30. The standard InChI is InChI=1S/C28H30ClNO4/c1-15-11-19(14-34-24-10-9-20(29)13-16(24)2)17(3)21(12-15)26-25(28(32)33-5)18(4)30-22-7-6-8-23(31)27(22)26/h9-13,26,30H,6-8,14H2,1-5H3/t26-/m1/s1. The second kappa shape index (κ2) is 9.67. The molecule has 2 aromatic carbocycles. The molecule has 0 unspecified atom stereocenters. The smallest absolute Gasteiger partial charge is 0.336 e. The zero-order chi connectivity index (χ0) is 24.6. The molecular formula is C28H30ClNO4. The molecule has 1 heterocycles. The monoisotopic (exact) mass is 479 g/mol. The molecule has 6 heteroatoms. The van der Waals surface area contributed by atoms with E-state index in [9.17, 15) is 9.59 Å². The van der Waals surface area contributed by atoms with Crippen LogP contribution in [-0.4, -0.2) is 18.9 Å². The van der Waals surface area contributed by atoms with Gasteiger partial charge in [0.1, 0.15) is 12.4 Å². The number of Topliss-reactive ketones (excluding diaryl/α,β-unsaturated/α-hetero) is 1. The third-order valence-electron chi connectivity index (χ3n) is 6.71. The van der Waals surface area contributed by atoms with Crippen molar-refractivity contribution in [3.8, 4) is 5.75 Å². The molecule has 1 atom stereocenters. The van der Waals surface area contributed by atoms with Gasteiger partial charge in [-0.05, 0) is 81.0 Å². The molecule has 1 aliphatic carbocycles. The maximum atomic E-state index is 13.1. The molecule has 0 bridgehead atoms. The lowest BCUT2D eigenvalue weighted by molar-refractivity contribution is -0.136. The SMILES string of the molecule is COC(=O)C1=C(C)NC2=C(C(=O)CCC2)[C@@H]1c1cc(C)cc(COc2ccc(Cl)cc2C)c1C. The number of carbonyl (C=O) groups is 2. The third kappa shape index (κ3) is 4.49. The Balaban J connectivity index is 1.80. The number of esters is 1. The molecular weight excluding hydrogens is 450 g/mol. The Hall–Kier alpha value is -3.05. The zero-order valence-corrected chi connectivity index (χ0v) is 21.1. The number of ketones is 1. The first-order valence-electron chi connectivity index (χ1n) is 11.5. The van der Waals surface area contributed by atoms with Gasteiger partial charge in [0.15, 0.2) is 5.78 Å². The van der Waals surface area contributed by atoms with Gasteiger partial charge < -0.3 is 14.8 Å². The summed E-state index contributed by atoms with van der Waals surface area (Å²) < 4.78 is 11.3. The van der Waals surface area contributed by atoms with E-state index in [1.165, 1.54) is 7.11 Å². The van der Waals surface area contributed by atoms with Gasteiger partial charge in [-0.2, -0.15) is 0 Å². The fourth-order valence-electron chi connectivity index (χ4n) is 5.02. The van der Waals surface area contributed by atoms with E-state index in [-0.39, 0.29) is 5.78 Å². The first-order valence-corrected chi connectivity index (χ1v) is 11.9. The van der Waals surface area contributed by atoms with E-state index in [0.29, 0.717) is 29.2 Å². The summed E-state index contributed by atoms with van der Waals surface area (Å²) >= 11 is 6.08. The Morgan fingerprint density at radius 3 is 2.59 bits per heavy atom. The predicted molar refractivity (Wildman–Crippen MR) is 133 cm³/mol. The van der Waals surface area contributed by atoms with E-state index in [4.69, 9.17) is 21.1 Å². The van der Waals surface area contributed by atoms with Gasteiger partial charge >= 0.3 is 5.97 Å². The lowest BCUT2D eigenvalue weighted by Gasteiger charge is -2.35. The van der Waals surface area contributed by atoms with E-state index < -0.39 is 11.9 Å². The van der Waals surface area contributed by atoms with E-state index in [2.05, 4.69) is 17.4 Å². The lowest BCUT2D eigenvalue weighted by atomic mass is 9.73. The average molecular weight is 480 g/mol. The second-order valence-electron chi connectivity index (χ2n) is 9.09. The summed E-state index contributed by atoms with van der Waals surface area (Å²) in [6.45, 7) is 8.25. The number of hydrogen-bond acceptors (Lipinski definition) is 5. The number of carbonyl (C=O) groups excluding carboxylic acids is 2. The van der Waals surface area contributed by atoms with Crippen molar-refractivity contribution in [2.24, 2.45) is 0 Å². The largest absolute Gasteiger partial charge is 0.489 e. The van der Waals surface area contributed by atoms with Crippen molar-refractivity contribution >= 4 is 23.4 Å². The lowest BCUT2D eigenvalue weighted by Crippen LogP contribution is -2.34. The van der Waals surface area contributed by atoms with E-state index >= 15 is 0 Å². The number of ether oxygens (including phenoxy) is 2. The van der Waals surface area contributed by atoms with Crippen LogP contribution in [-0.2, 0) is 20.9 Å². The first kappa shape index (κ1) is 24.1. The number of dihydropyridines is 1. The van der Waals surface area contributed by atoms with Gasteiger partial charge in [0.2, 0.25) is 0 Å². The molecule has 0 saturated heterocycles. The third-order valence-corrected chi connectivity index (χ3v) is 6.95. The number of benzene rings is 2. The van der Waals surface area contributed by atoms with Gasteiger partial charge in [-0.1, -0.05) is 29.3 Å². The Morgan fingerprint density at radius 1 is 1.12 bits per heavy atom. The summed E-state index contributed by atoms with van der Waals surface area (Å²) in [5.41, 5.74) is 7.79. The van der Waals surface area contributed by atoms with Crippen molar-refractivity contribution in [3.63, 3.8) is 0 Å². The fraction of sp³-hybridized carbons (Fsp3) is 0.357. The molecule has 1 N–H and O–H groups in total. The van der Waals surface area contributed by atoms with Gasteiger partial charge in [-0.25, -0.2) is 4.79 Å². The van der Waals surface area contributed by atoms with Crippen molar-refractivity contribution in [1.82, 2.24) is 5.32 Å².